The van der Waals surface area contributed by atoms with Gasteiger partial charge >= 0.3 is 6.03 Å². The first-order valence-corrected chi connectivity index (χ1v) is 7.01. The Labute approximate surface area is 116 Å². The Balaban J connectivity index is 2.45. The number of nitrogens with zero attached hydrogens (tertiary/aromatic N) is 1. The van der Waals surface area contributed by atoms with E-state index in [-0.39, 0.29) is 6.03 Å². The van der Waals surface area contributed by atoms with Gasteiger partial charge in [0.1, 0.15) is 0 Å². The summed E-state index contributed by atoms with van der Waals surface area (Å²) >= 11 is 0. The van der Waals surface area contributed by atoms with E-state index in [0.717, 1.165) is 25.2 Å². The van der Waals surface area contributed by atoms with E-state index in [9.17, 15) is 4.79 Å². The van der Waals surface area contributed by atoms with Gasteiger partial charge in [-0.3, -0.25) is 4.90 Å². The van der Waals surface area contributed by atoms with E-state index in [4.69, 9.17) is 0 Å². The van der Waals surface area contributed by atoms with Crippen LogP contribution >= 0.6 is 0 Å². The second kappa shape index (κ2) is 8.53. The minimum Gasteiger partial charge on any atom is -0.338 e. The van der Waals surface area contributed by atoms with Crippen molar-refractivity contribution in [1.82, 2.24) is 15.5 Å². The van der Waals surface area contributed by atoms with Gasteiger partial charge < -0.3 is 10.6 Å². The van der Waals surface area contributed by atoms with Gasteiger partial charge in [0.2, 0.25) is 0 Å². The molecule has 0 bridgehead atoms. The van der Waals surface area contributed by atoms with Gasteiger partial charge in [0, 0.05) is 19.6 Å². The zero-order chi connectivity index (χ0) is 14.1. The Hall–Kier alpha value is -1.55. The summed E-state index contributed by atoms with van der Waals surface area (Å²) in [5.74, 6) is 0. The molecule has 1 rings (SSSR count). The fourth-order valence-electron chi connectivity index (χ4n) is 1.87. The first-order valence-electron chi connectivity index (χ1n) is 7.01. The SMILES string of the molecule is CCNC(=O)NCc1ccc(CN(CC)CC)cc1. The lowest BCUT2D eigenvalue weighted by molar-refractivity contribution is 0.241. The van der Waals surface area contributed by atoms with Crippen molar-refractivity contribution in [3.8, 4) is 0 Å². The molecule has 0 saturated carbocycles. The highest BCUT2D eigenvalue weighted by Crippen LogP contribution is 2.07. The van der Waals surface area contributed by atoms with E-state index in [1.54, 1.807) is 0 Å². The van der Waals surface area contributed by atoms with Crippen LogP contribution in [0.3, 0.4) is 0 Å². The number of rotatable bonds is 7. The molecule has 0 aliphatic carbocycles. The van der Waals surface area contributed by atoms with Crippen molar-refractivity contribution in [1.29, 1.82) is 0 Å². The maximum atomic E-state index is 11.3. The summed E-state index contributed by atoms with van der Waals surface area (Å²) in [6.07, 6.45) is 0. The Morgan fingerprint density at radius 1 is 1.00 bits per heavy atom. The van der Waals surface area contributed by atoms with E-state index in [1.807, 2.05) is 6.92 Å². The summed E-state index contributed by atoms with van der Waals surface area (Å²) in [6.45, 7) is 10.6. The van der Waals surface area contributed by atoms with E-state index in [0.29, 0.717) is 13.1 Å². The Morgan fingerprint density at radius 3 is 2.11 bits per heavy atom. The summed E-state index contributed by atoms with van der Waals surface area (Å²) in [5, 5.41) is 5.53. The molecule has 0 aliphatic rings. The first kappa shape index (κ1) is 15.5. The lowest BCUT2D eigenvalue weighted by Gasteiger charge is -2.18. The van der Waals surface area contributed by atoms with Crippen molar-refractivity contribution in [3.05, 3.63) is 35.4 Å². The van der Waals surface area contributed by atoms with Crippen molar-refractivity contribution in [3.63, 3.8) is 0 Å². The van der Waals surface area contributed by atoms with Crippen LogP contribution in [0.15, 0.2) is 24.3 Å². The van der Waals surface area contributed by atoms with E-state index < -0.39 is 0 Å². The van der Waals surface area contributed by atoms with E-state index in [2.05, 4.69) is 53.6 Å². The van der Waals surface area contributed by atoms with Crippen LogP contribution in [0.2, 0.25) is 0 Å². The van der Waals surface area contributed by atoms with Crippen molar-refractivity contribution in [2.75, 3.05) is 19.6 Å². The van der Waals surface area contributed by atoms with Crippen LogP contribution in [0.5, 0.6) is 0 Å². The average molecular weight is 263 g/mol. The molecule has 1 aromatic carbocycles. The molecule has 0 saturated heterocycles. The lowest BCUT2D eigenvalue weighted by atomic mass is 10.1. The first-order chi connectivity index (χ1) is 9.19. The molecule has 0 unspecified atom stereocenters. The molecule has 2 N–H and O–H groups in total. The predicted octanol–water partition coefficient (Wildman–Crippen LogP) is 2.35. The summed E-state index contributed by atoms with van der Waals surface area (Å²) in [4.78, 5) is 13.7. The molecule has 0 fully saturated rings. The molecule has 0 radical (unpaired) electrons. The van der Waals surface area contributed by atoms with Gasteiger partial charge in [-0.15, -0.1) is 0 Å². The van der Waals surface area contributed by atoms with E-state index >= 15 is 0 Å². The van der Waals surface area contributed by atoms with Gasteiger partial charge in [-0.2, -0.15) is 0 Å². The molecule has 0 aliphatic heterocycles. The Kier molecular flexibility index (Phi) is 6.97. The third-order valence-electron chi connectivity index (χ3n) is 3.11. The molecule has 0 aromatic heterocycles. The smallest absolute Gasteiger partial charge is 0.315 e. The predicted molar refractivity (Wildman–Crippen MR) is 79.0 cm³/mol. The molecule has 106 valence electrons. The number of urea groups is 1. The normalized spacial score (nSPS) is 10.5. The van der Waals surface area contributed by atoms with Crippen LogP contribution in [0, 0.1) is 0 Å². The topological polar surface area (TPSA) is 44.4 Å². The van der Waals surface area contributed by atoms with Crippen LogP contribution in [0.4, 0.5) is 4.79 Å². The molecule has 4 nitrogen and oxygen atoms in total. The molecule has 4 heteroatoms. The summed E-state index contributed by atoms with van der Waals surface area (Å²) in [5.41, 5.74) is 2.43. The quantitative estimate of drug-likeness (QED) is 0.793. The molecular weight excluding hydrogens is 238 g/mol. The number of nitrogens with one attached hydrogen (secondary N) is 2. The monoisotopic (exact) mass is 263 g/mol. The molecule has 19 heavy (non-hydrogen) atoms. The second-order valence-corrected chi connectivity index (χ2v) is 4.49. The van der Waals surface area contributed by atoms with Gasteiger partial charge in [0.05, 0.1) is 0 Å². The highest BCUT2D eigenvalue weighted by atomic mass is 16.2. The molecule has 0 heterocycles. The summed E-state index contributed by atoms with van der Waals surface area (Å²) in [7, 11) is 0. The molecule has 1 aromatic rings. The van der Waals surface area contributed by atoms with Gasteiger partial charge in [-0.05, 0) is 31.1 Å². The van der Waals surface area contributed by atoms with Crippen LogP contribution in [-0.2, 0) is 13.1 Å². The average Bonchev–Trinajstić information content (AvgIpc) is 2.44. The lowest BCUT2D eigenvalue weighted by Crippen LogP contribution is -2.34. The minimum absolute atomic E-state index is 0.116. The number of hydrogen-bond donors (Lipinski definition) is 2. The van der Waals surface area contributed by atoms with Crippen LogP contribution < -0.4 is 10.6 Å². The van der Waals surface area contributed by atoms with Crippen molar-refractivity contribution in [2.24, 2.45) is 0 Å². The third kappa shape index (κ3) is 5.75. The zero-order valence-corrected chi connectivity index (χ0v) is 12.2. The zero-order valence-electron chi connectivity index (χ0n) is 12.2. The third-order valence-corrected chi connectivity index (χ3v) is 3.11. The van der Waals surface area contributed by atoms with E-state index in [1.165, 1.54) is 5.56 Å². The standard InChI is InChI=1S/C15H25N3O/c1-4-16-15(19)17-11-13-7-9-14(10-8-13)12-18(5-2)6-3/h7-10H,4-6,11-12H2,1-3H3,(H2,16,17,19). The summed E-state index contributed by atoms with van der Waals surface area (Å²) in [6, 6.07) is 8.30. The number of benzene rings is 1. The van der Waals surface area contributed by atoms with Gasteiger partial charge in [0.15, 0.2) is 0 Å². The number of carbonyl (C=O) groups is 1. The van der Waals surface area contributed by atoms with Crippen LogP contribution in [0.1, 0.15) is 31.9 Å². The number of amides is 2. The Bertz CT molecular complexity index is 371. The molecular formula is C15H25N3O. The van der Waals surface area contributed by atoms with Crippen molar-refractivity contribution >= 4 is 6.03 Å². The maximum absolute atomic E-state index is 11.3. The van der Waals surface area contributed by atoms with Crippen molar-refractivity contribution < 1.29 is 4.79 Å². The fraction of sp³-hybridized carbons (Fsp3) is 0.533. The fourth-order valence-corrected chi connectivity index (χ4v) is 1.87. The van der Waals surface area contributed by atoms with Crippen LogP contribution in [-0.4, -0.2) is 30.6 Å². The highest BCUT2D eigenvalue weighted by Gasteiger charge is 2.02. The number of carbonyl (C=O) groups excluding carboxylic acids is 1. The second-order valence-electron chi connectivity index (χ2n) is 4.49. The maximum Gasteiger partial charge on any atom is 0.315 e. The molecule has 0 atom stereocenters. The largest absolute Gasteiger partial charge is 0.338 e. The minimum atomic E-state index is -0.116. The van der Waals surface area contributed by atoms with Gasteiger partial charge in [-0.1, -0.05) is 38.1 Å². The highest BCUT2D eigenvalue weighted by molar-refractivity contribution is 5.73. The van der Waals surface area contributed by atoms with Crippen molar-refractivity contribution in [2.45, 2.75) is 33.9 Å². The summed E-state index contributed by atoms with van der Waals surface area (Å²) < 4.78 is 0. The molecule has 2 amide bonds. The Morgan fingerprint density at radius 2 is 1.58 bits per heavy atom. The van der Waals surface area contributed by atoms with Gasteiger partial charge in [-0.25, -0.2) is 4.79 Å². The van der Waals surface area contributed by atoms with Crippen LogP contribution in [0.25, 0.3) is 0 Å². The van der Waals surface area contributed by atoms with Gasteiger partial charge in [0.25, 0.3) is 0 Å². The molecule has 0 spiro atoms. The number of hydrogen-bond acceptors (Lipinski definition) is 2.